The number of amides is 2. The highest BCUT2D eigenvalue weighted by molar-refractivity contribution is 6.02. The first-order chi connectivity index (χ1) is 17.7. The maximum absolute atomic E-state index is 12.8. The van der Waals surface area contributed by atoms with Gasteiger partial charge in [0.15, 0.2) is 11.5 Å². The monoisotopic (exact) mass is 510 g/mol. The maximum Gasteiger partial charge on any atom is 0.274 e. The van der Waals surface area contributed by atoms with Gasteiger partial charge in [0.05, 0.1) is 11.1 Å². The van der Waals surface area contributed by atoms with Crippen molar-refractivity contribution in [1.82, 2.24) is 20.9 Å². The van der Waals surface area contributed by atoms with Crippen LogP contribution in [0.25, 0.3) is 22.5 Å². The Morgan fingerprint density at radius 1 is 1.11 bits per heavy atom. The van der Waals surface area contributed by atoms with Gasteiger partial charge in [-0.25, -0.2) is 5.48 Å². The lowest BCUT2D eigenvalue weighted by molar-refractivity contribution is -0.129. The van der Waals surface area contributed by atoms with E-state index in [0.717, 1.165) is 5.56 Å². The molecule has 0 bridgehead atoms. The third-order valence-electron chi connectivity index (χ3n) is 6.02. The number of phenolic OH excluding ortho intramolecular Hbond substituents is 2. The van der Waals surface area contributed by atoms with Gasteiger partial charge in [-0.1, -0.05) is 43.3 Å². The highest BCUT2D eigenvalue weighted by Gasteiger charge is 2.27. The van der Waals surface area contributed by atoms with Gasteiger partial charge in [-0.15, -0.1) is 0 Å². The van der Waals surface area contributed by atoms with Crippen LogP contribution in [0.2, 0.25) is 0 Å². The highest BCUT2D eigenvalue weighted by atomic mass is 16.5. The van der Waals surface area contributed by atoms with E-state index in [0.29, 0.717) is 48.3 Å². The molecule has 0 aliphatic carbocycles. The Morgan fingerprint density at radius 2 is 1.81 bits per heavy atom. The van der Waals surface area contributed by atoms with Crippen molar-refractivity contribution in [1.29, 1.82) is 0 Å². The summed E-state index contributed by atoms with van der Waals surface area (Å²) in [5.41, 5.74) is 4.83. The first kappa shape index (κ1) is 27.7. The van der Waals surface area contributed by atoms with E-state index in [4.69, 9.17) is 9.73 Å². The number of aromatic hydroxyl groups is 2. The second kappa shape index (κ2) is 12.4. The molecule has 0 spiro atoms. The number of aromatic nitrogens is 1. The van der Waals surface area contributed by atoms with Crippen LogP contribution in [0, 0.1) is 0 Å². The van der Waals surface area contributed by atoms with Gasteiger partial charge in [-0.05, 0) is 55.6 Å². The molecule has 0 aliphatic heterocycles. The van der Waals surface area contributed by atoms with Crippen molar-refractivity contribution < 1.29 is 29.5 Å². The van der Waals surface area contributed by atoms with Gasteiger partial charge in [-0.3, -0.25) is 14.8 Å². The Balaban J connectivity index is 1.95. The topological polar surface area (TPSA) is 148 Å². The zero-order chi connectivity index (χ0) is 27.1. The Hall–Kier alpha value is -3.89. The van der Waals surface area contributed by atoms with E-state index in [9.17, 15) is 19.8 Å². The van der Waals surface area contributed by atoms with Gasteiger partial charge < -0.3 is 25.0 Å². The van der Waals surface area contributed by atoms with Gasteiger partial charge in [0, 0.05) is 25.6 Å². The summed E-state index contributed by atoms with van der Waals surface area (Å²) in [6.07, 6.45) is 0.844. The maximum atomic E-state index is 12.8. The van der Waals surface area contributed by atoms with Gasteiger partial charge in [0.1, 0.15) is 11.5 Å². The van der Waals surface area contributed by atoms with Crippen molar-refractivity contribution in [3.05, 3.63) is 53.2 Å². The highest BCUT2D eigenvalue weighted by Crippen LogP contribution is 2.43. The number of nitrogens with zero attached hydrogens (tertiary/aromatic N) is 2. The predicted octanol–water partition coefficient (Wildman–Crippen LogP) is 4.01. The second-order valence-electron chi connectivity index (χ2n) is 9.25. The lowest BCUT2D eigenvalue weighted by Gasteiger charge is -2.16. The van der Waals surface area contributed by atoms with Crippen LogP contribution < -0.4 is 10.8 Å². The summed E-state index contributed by atoms with van der Waals surface area (Å²) in [5.74, 6) is -0.798. The van der Waals surface area contributed by atoms with E-state index in [1.165, 1.54) is 6.07 Å². The molecule has 0 saturated heterocycles. The molecule has 1 heterocycles. The number of carbonyl (C=O) groups is 2. The molecular weight excluding hydrogens is 476 g/mol. The number of hydroxylamine groups is 1. The first-order valence-electron chi connectivity index (χ1n) is 12.2. The van der Waals surface area contributed by atoms with Gasteiger partial charge in [0.2, 0.25) is 5.91 Å². The molecule has 0 radical (unpaired) electrons. The minimum Gasteiger partial charge on any atom is -0.508 e. The fraction of sp³-hybridized carbons (Fsp3) is 0.370. The lowest BCUT2D eigenvalue weighted by atomic mass is 9.94. The summed E-state index contributed by atoms with van der Waals surface area (Å²) in [6, 6.07) is 10.5. The molecule has 10 nitrogen and oxygen atoms in total. The Labute approximate surface area is 215 Å². The predicted molar refractivity (Wildman–Crippen MR) is 138 cm³/mol. The standard InChI is InChI=1S/C27H34N4O6/c1-5-28-27(35)25-24(26(37-30-25)20-13-19(16(2)3)21(32)14-22(20)33)18-10-8-17(9-11-18)15-31(4)12-6-7-23(34)29-36/h8-11,13-14,16,32-33,36H,5-7,12,15H2,1-4H3,(H,28,35)(H,29,34). The molecule has 2 amide bonds. The smallest absolute Gasteiger partial charge is 0.274 e. The van der Waals surface area contributed by atoms with E-state index in [1.54, 1.807) is 18.5 Å². The zero-order valence-electron chi connectivity index (χ0n) is 21.5. The van der Waals surface area contributed by atoms with Crippen molar-refractivity contribution in [3.63, 3.8) is 0 Å². The Kier molecular flexibility index (Phi) is 9.26. The van der Waals surface area contributed by atoms with Crippen LogP contribution in [0.15, 0.2) is 40.9 Å². The third-order valence-corrected chi connectivity index (χ3v) is 6.02. The summed E-state index contributed by atoms with van der Waals surface area (Å²) in [5, 5.41) is 36.3. The van der Waals surface area contributed by atoms with Crippen molar-refractivity contribution >= 4 is 11.8 Å². The van der Waals surface area contributed by atoms with E-state index in [2.05, 4.69) is 15.4 Å². The normalized spacial score (nSPS) is 11.2. The summed E-state index contributed by atoms with van der Waals surface area (Å²) >= 11 is 0. The molecule has 2 aromatic carbocycles. The second-order valence-corrected chi connectivity index (χ2v) is 9.25. The van der Waals surface area contributed by atoms with Crippen molar-refractivity contribution in [3.8, 4) is 33.9 Å². The largest absolute Gasteiger partial charge is 0.508 e. The molecule has 3 aromatic rings. The van der Waals surface area contributed by atoms with Crippen LogP contribution in [0.5, 0.6) is 11.5 Å². The van der Waals surface area contributed by atoms with Crippen LogP contribution in [-0.4, -0.2) is 57.4 Å². The van der Waals surface area contributed by atoms with Gasteiger partial charge >= 0.3 is 0 Å². The molecule has 1 aromatic heterocycles. The SMILES string of the molecule is CCNC(=O)c1noc(-c2cc(C(C)C)c(O)cc2O)c1-c1ccc(CN(C)CCCC(=O)NO)cc1. The fourth-order valence-corrected chi connectivity index (χ4v) is 4.11. The van der Waals surface area contributed by atoms with Crippen LogP contribution in [0.1, 0.15) is 61.1 Å². The molecule has 0 saturated carbocycles. The summed E-state index contributed by atoms with van der Waals surface area (Å²) < 4.78 is 5.62. The van der Waals surface area contributed by atoms with Crippen LogP contribution in [0.3, 0.4) is 0 Å². The number of benzene rings is 2. The summed E-state index contributed by atoms with van der Waals surface area (Å²) in [6.45, 7) is 7.37. The summed E-state index contributed by atoms with van der Waals surface area (Å²) in [7, 11) is 1.94. The summed E-state index contributed by atoms with van der Waals surface area (Å²) in [4.78, 5) is 26.0. The number of phenols is 2. The van der Waals surface area contributed by atoms with Crippen molar-refractivity contribution in [2.24, 2.45) is 0 Å². The number of rotatable bonds is 11. The number of nitrogens with one attached hydrogen (secondary N) is 2. The average molecular weight is 511 g/mol. The molecule has 5 N–H and O–H groups in total. The van der Waals surface area contributed by atoms with E-state index >= 15 is 0 Å². The van der Waals surface area contributed by atoms with Crippen LogP contribution in [0.4, 0.5) is 0 Å². The molecule has 0 atom stereocenters. The van der Waals surface area contributed by atoms with E-state index in [1.807, 2.05) is 45.2 Å². The van der Waals surface area contributed by atoms with E-state index < -0.39 is 11.8 Å². The van der Waals surface area contributed by atoms with Crippen LogP contribution >= 0.6 is 0 Å². The Bertz CT molecular complexity index is 1240. The van der Waals surface area contributed by atoms with E-state index in [-0.39, 0.29) is 35.3 Å². The average Bonchev–Trinajstić information content (AvgIpc) is 3.29. The molecule has 0 fully saturated rings. The van der Waals surface area contributed by atoms with Crippen LogP contribution in [-0.2, 0) is 11.3 Å². The number of carbonyl (C=O) groups excluding carboxylic acids is 2. The molecule has 10 heteroatoms. The third kappa shape index (κ3) is 6.66. The van der Waals surface area contributed by atoms with Crippen molar-refractivity contribution in [2.45, 2.75) is 46.1 Å². The molecule has 0 aliphatic rings. The van der Waals surface area contributed by atoms with Crippen molar-refractivity contribution in [2.75, 3.05) is 20.1 Å². The first-order valence-corrected chi connectivity index (χ1v) is 12.2. The molecule has 198 valence electrons. The molecule has 3 rings (SSSR count). The minimum atomic E-state index is -0.412. The number of hydrogen-bond donors (Lipinski definition) is 5. The van der Waals surface area contributed by atoms with Gasteiger partial charge in [-0.2, -0.15) is 0 Å². The van der Waals surface area contributed by atoms with Gasteiger partial charge in [0.25, 0.3) is 5.91 Å². The molecular formula is C27H34N4O6. The Morgan fingerprint density at radius 3 is 2.43 bits per heavy atom. The number of hydrogen-bond acceptors (Lipinski definition) is 8. The molecule has 37 heavy (non-hydrogen) atoms. The lowest BCUT2D eigenvalue weighted by Crippen LogP contribution is -2.23. The molecule has 0 unspecified atom stereocenters. The quantitative estimate of drug-likeness (QED) is 0.192. The zero-order valence-corrected chi connectivity index (χ0v) is 21.5. The minimum absolute atomic E-state index is 0.0112. The fourth-order valence-electron chi connectivity index (χ4n) is 4.11.